The fraction of sp³-hybridized carbons (Fsp3) is 0.667. The number of likely N-dealkylation sites (tertiary alicyclic amines) is 1. The van der Waals surface area contributed by atoms with Crippen molar-refractivity contribution in [1.82, 2.24) is 15.5 Å². The summed E-state index contributed by atoms with van der Waals surface area (Å²) in [5.41, 5.74) is 1.76. The van der Waals surface area contributed by atoms with Crippen molar-refractivity contribution in [3.63, 3.8) is 0 Å². The Labute approximate surface area is 215 Å². The molecule has 0 radical (unpaired) electrons. The molecule has 1 aromatic carbocycles. The van der Waals surface area contributed by atoms with Crippen molar-refractivity contribution in [2.45, 2.75) is 65.8 Å². The molecule has 0 aliphatic carbocycles. The predicted molar refractivity (Wildman–Crippen MR) is 142 cm³/mol. The molecule has 33 heavy (non-hydrogen) atoms. The number of halogens is 1. The van der Waals surface area contributed by atoms with E-state index in [2.05, 4.69) is 40.7 Å². The molecule has 1 aliphatic heterocycles. The third-order valence-electron chi connectivity index (χ3n) is 4.79. The number of hydrogen-bond acceptors (Lipinski definition) is 5. The second kappa shape index (κ2) is 15.3. The zero-order valence-electron chi connectivity index (χ0n) is 20.7. The van der Waals surface area contributed by atoms with Crippen molar-refractivity contribution in [3.8, 4) is 0 Å². The van der Waals surface area contributed by atoms with E-state index in [4.69, 9.17) is 19.2 Å². The minimum absolute atomic E-state index is 0. The van der Waals surface area contributed by atoms with Crippen molar-refractivity contribution < 1.29 is 19.0 Å². The summed E-state index contributed by atoms with van der Waals surface area (Å²) in [5, 5.41) is 6.34. The molecule has 0 spiro atoms. The molecule has 188 valence electrons. The van der Waals surface area contributed by atoms with Crippen LogP contribution in [0.25, 0.3) is 0 Å². The lowest BCUT2D eigenvalue weighted by atomic mass is 10.1. The van der Waals surface area contributed by atoms with Crippen LogP contribution in [0.4, 0.5) is 4.79 Å². The summed E-state index contributed by atoms with van der Waals surface area (Å²) < 4.78 is 16.3. The molecule has 1 amide bonds. The number of carbonyl (C=O) groups excluding carboxylic acids is 1. The number of amides is 1. The van der Waals surface area contributed by atoms with Gasteiger partial charge < -0.3 is 29.7 Å². The first kappa shape index (κ1) is 29.4. The third kappa shape index (κ3) is 11.9. The van der Waals surface area contributed by atoms with Crippen LogP contribution in [0.3, 0.4) is 0 Å². The van der Waals surface area contributed by atoms with Gasteiger partial charge in [-0.25, -0.2) is 9.79 Å². The Morgan fingerprint density at radius 2 is 1.91 bits per heavy atom. The molecule has 1 unspecified atom stereocenters. The summed E-state index contributed by atoms with van der Waals surface area (Å²) in [6, 6.07) is 8.35. The molecule has 1 fully saturated rings. The van der Waals surface area contributed by atoms with Gasteiger partial charge in [0.05, 0.1) is 32.4 Å². The van der Waals surface area contributed by atoms with Crippen LogP contribution in [-0.4, -0.2) is 68.1 Å². The Bertz CT molecular complexity index is 739. The van der Waals surface area contributed by atoms with Crippen molar-refractivity contribution in [2.24, 2.45) is 4.99 Å². The van der Waals surface area contributed by atoms with Crippen LogP contribution in [-0.2, 0) is 27.4 Å². The smallest absolute Gasteiger partial charge is 0.407 e. The largest absolute Gasteiger partial charge is 0.444 e. The van der Waals surface area contributed by atoms with E-state index in [0.717, 1.165) is 36.6 Å². The van der Waals surface area contributed by atoms with Crippen LogP contribution in [0.2, 0.25) is 0 Å². The molecule has 0 bridgehead atoms. The SMILES string of the molecule is CCNC(=NCc1cccc(COCCOCC)c1)N1CCC(NC(=O)OC(C)(C)C)C1.I. The van der Waals surface area contributed by atoms with Gasteiger partial charge in [-0.15, -0.1) is 24.0 Å². The number of nitrogens with one attached hydrogen (secondary N) is 2. The second-order valence-corrected chi connectivity index (χ2v) is 8.82. The van der Waals surface area contributed by atoms with Gasteiger partial charge in [0.15, 0.2) is 5.96 Å². The number of aliphatic imine (C=N–C) groups is 1. The average molecular weight is 577 g/mol. The first-order chi connectivity index (χ1) is 15.3. The molecule has 0 aromatic heterocycles. The van der Waals surface area contributed by atoms with Gasteiger partial charge in [0.25, 0.3) is 0 Å². The van der Waals surface area contributed by atoms with Crippen LogP contribution in [0, 0.1) is 0 Å². The molecule has 8 nitrogen and oxygen atoms in total. The maximum absolute atomic E-state index is 12.1. The first-order valence-electron chi connectivity index (χ1n) is 11.6. The standard InChI is InChI=1S/C24H40N4O4.HI/c1-6-25-22(28-12-11-21(17-28)27-23(29)32-24(3,4)5)26-16-19-9-8-10-20(15-19)18-31-14-13-30-7-2;/h8-10,15,21H,6-7,11-14,16-18H2,1-5H3,(H,25,26)(H,27,29);1H. The normalized spacial score (nSPS) is 16.3. The van der Waals surface area contributed by atoms with Crippen LogP contribution >= 0.6 is 24.0 Å². The maximum Gasteiger partial charge on any atom is 0.407 e. The number of ether oxygens (including phenoxy) is 3. The average Bonchev–Trinajstić information content (AvgIpc) is 3.18. The number of alkyl carbamates (subject to hydrolysis) is 1. The molecule has 9 heteroatoms. The molecule has 1 aromatic rings. The number of hydrogen-bond donors (Lipinski definition) is 2. The van der Waals surface area contributed by atoms with E-state index in [9.17, 15) is 4.79 Å². The number of benzene rings is 1. The minimum atomic E-state index is -0.498. The van der Waals surface area contributed by atoms with E-state index >= 15 is 0 Å². The van der Waals surface area contributed by atoms with Crippen LogP contribution in [0.1, 0.15) is 52.2 Å². The molecule has 1 aliphatic rings. The van der Waals surface area contributed by atoms with Crippen LogP contribution in [0.5, 0.6) is 0 Å². The lowest BCUT2D eigenvalue weighted by molar-refractivity contribution is 0.0453. The number of guanidine groups is 1. The molecular weight excluding hydrogens is 535 g/mol. The Morgan fingerprint density at radius 3 is 2.61 bits per heavy atom. The number of carbonyl (C=O) groups is 1. The maximum atomic E-state index is 12.1. The summed E-state index contributed by atoms with van der Waals surface area (Å²) in [4.78, 5) is 19.1. The van der Waals surface area contributed by atoms with E-state index in [1.54, 1.807) is 0 Å². The van der Waals surface area contributed by atoms with E-state index < -0.39 is 5.60 Å². The summed E-state index contributed by atoms with van der Waals surface area (Å²) in [6.45, 7) is 15.0. The van der Waals surface area contributed by atoms with Crippen molar-refractivity contribution >= 4 is 36.0 Å². The van der Waals surface area contributed by atoms with Crippen molar-refractivity contribution in [3.05, 3.63) is 35.4 Å². The quantitative estimate of drug-likeness (QED) is 0.190. The molecule has 1 saturated heterocycles. The van der Waals surface area contributed by atoms with Gasteiger partial charge in [0.1, 0.15) is 5.60 Å². The highest BCUT2D eigenvalue weighted by Gasteiger charge is 2.27. The Hall–Kier alpha value is -1.59. The van der Waals surface area contributed by atoms with Gasteiger partial charge in [0, 0.05) is 26.2 Å². The van der Waals surface area contributed by atoms with Gasteiger partial charge in [-0.3, -0.25) is 0 Å². The van der Waals surface area contributed by atoms with Crippen LogP contribution in [0.15, 0.2) is 29.3 Å². The third-order valence-corrected chi connectivity index (χ3v) is 4.79. The highest BCUT2D eigenvalue weighted by molar-refractivity contribution is 14.0. The zero-order valence-corrected chi connectivity index (χ0v) is 23.0. The van der Waals surface area contributed by atoms with E-state index in [1.807, 2.05) is 33.8 Å². The van der Waals surface area contributed by atoms with Gasteiger partial charge >= 0.3 is 6.09 Å². The number of rotatable bonds is 10. The van der Waals surface area contributed by atoms with Gasteiger partial charge in [-0.1, -0.05) is 24.3 Å². The fourth-order valence-corrected chi connectivity index (χ4v) is 3.41. The minimum Gasteiger partial charge on any atom is -0.444 e. The molecular formula is C24H41IN4O4. The van der Waals surface area contributed by atoms with E-state index in [0.29, 0.717) is 39.5 Å². The Morgan fingerprint density at radius 1 is 1.18 bits per heavy atom. The topological polar surface area (TPSA) is 84.4 Å². The van der Waals surface area contributed by atoms with Crippen LogP contribution < -0.4 is 10.6 Å². The summed E-state index contributed by atoms with van der Waals surface area (Å²) in [7, 11) is 0. The molecule has 2 N–H and O–H groups in total. The van der Waals surface area contributed by atoms with E-state index in [-0.39, 0.29) is 36.1 Å². The Kier molecular flexibility index (Phi) is 13.7. The molecule has 2 rings (SSSR count). The highest BCUT2D eigenvalue weighted by atomic mass is 127. The first-order valence-corrected chi connectivity index (χ1v) is 11.6. The van der Waals surface area contributed by atoms with Gasteiger partial charge in [0.2, 0.25) is 0 Å². The molecule has 0 saturated carbocycles. The predicted octanol–water partition coefficient (Wildman–Crippen LogP) is 3.92. The molecule has 1 heterocycles. The monoisotopic (exact) mass is 576 g/mol. The summed E-state index contributed by atoms with van der Waals surface area (Å²) in [5.74, 6) is 0.861. The second-order valence-electron chi connectivity index (χ2n) is 8.82. The lowest BCUT2D eigenvalue weighted by Gasteiger charge is -2.23. The fourth-order valence-electron chi connectivity index (χ4n) is 3.41. The van der Waals surface area contributed by atoms with Crippen molar-refractivity contribution in [2.75, 3.05) is 39.5 Å². The Balaban J connectivity index is 0.00000544. The van der Waals surface area contributed by atoms with E-state index in [1.165, 1.54) is 0 Å². The summed E-state index contributed by atoms with van der Waals surface area (Å²) >= 11 is 0. The highest BCUT2D eigenvalue weighted by Crippen LogP contribution is 2.13. The molecule has 1 atom stereocenters. The van der Waals surface area contributed by atoms with Gasteiger partial charge in [-0.05, 0) is 52.2 Å². The summed E-state index contributed by atoms with van der Waals surface area (Å²) in [6.07, 6.45) is 0.490. The lowest BCUT2D eigenvalue weighted by Crippen LogP contribution is -2.44. The number of nitrogens with zero attached hydrogens (tertiary/aromatic N) is 2. The van der Waals surface area contributed by atoms with Crippen molar-refractivity contribution in [1.29, 1.82) is 0 Å². The zero-order chi connectivity index (χ0) is 23.4. The van der Waals surface area contributed by atoms with Gasteiger partial charge in [-0.2, -0.15) is 0 Å².